The number of hydrogen-bond acceptors (Lipinski definition) is 2. The third-order valence-electron chi connectivity index (χ3n) is 10.1. The average Bonchev–Trinajstić information content (AvgIpc) is 3.74. The van der Waals surface area contributed by atoms with Gasteiger partial charge in [0.25, 0.3) is 0 Å². The van der Waals surface area contributed by atoms with Gasteiger partial charge in [0.2, 0.25) is 0 Å². The van der Waals surface area contributed by atoms with Crippen molar-refractivity contribution in [3.63, 3.8) is 0 Å². The van der Waals surface area contributed by atoms with Crippen LogP contribution in [0.4, 0.5) is 0 Å². The number of para-hydroxylation sites is 2. The van der Waals surface area contributed by atoms with E-state index in [0.717, 1.165) is 77.9 Å². The van der Waals surface area contributed by atoms with Crippen molar-refractivity contribution in [3.05, 3.63) is 188 Å². The molecule has 0 saturated heterocycles. The first-order valence-electron chi connectivity index (χ1n) is 17.4. The zero-order chi connectivity index (χ0) is 34.6. The number of benzene rings is 7. The minimum Gasteiger partial charge on any atom is -0.309 e. The third-order valence-corrected chi connectivity index (χ3v) is 10.1. The summed E-state index contributed by atoms with van der Waals surface area (Å²) in [6.45, 7) is 0. The fraction of sp³-hybridized carbons (Fsp3) is 0. The van der Waals surface area contributed by atoms with Crippen molar-refractivity contribution >= 4 is 43.6 Å². The van der Waals surface area contributed by atoms with Crippen molar-refractivity contribution in [3.8, 4) is 51.1 Å². The van der Waals surface area contributed by atoms with Crippen molar-refractivity contribution in [2.24, 2.45) is 0 Å². The first-order valence-corrected chi connectivity index (χ1v) is 17.4. The highest BCUT2D eigenvalue weighted by molar-refractivity contribution is 6.26. The van der Waals surface area contributed by atoms with Gasteiger partial charge in [-0.25, -0.2) is 4.98 Å². The molecule has 3 aromatic heterocycles. The molecule has 7 aromatic carbocycles. The maximum Gasteiger partial charge on any atom is 0.0992 e. The van der Waals surface area contributed by atoms with Gasteiger partial charge in [-0.2, -0.15) is 5.26 Å². The van der Waals surface area contributed by atoms with Gasteiger partial charge < -0.3 is 9.13 Å². The first kappa shape index (κ1) is 29.7. The lowest BCUT2D eigenvalue weighted by Gasteiger charge is -2.13. The van der Waals surface area contributed by atoms with Crippen LogP contribution in [0.25, 0.3) is 88.6 Å². The van der Waals surface area contributed by atoms with E-state index >= 15 is 0 Å². The number of nitriles is 1. The topological polar surface area (TPSA) is 46.5 Å². The van der Waals surface area contributed by atoms with E-state index in [0.29, 0.717) is 5.56 Å². The number of hydrogen-bond donors (Lipinski definition) is 0. The Morgan fingerprint density at radius 1 is 0.404 bits per heavy atom. The van der Waals surface area contributed by atoms with Crippen molar-refractivity contribution in [2.45, 2.75) is 0 Å². The van der Waals surface area contributed by atoms with Gasteiger partial charge >= 0.3 is 0 Å². The molecule has 0 aliphatic heterocycles. The lowest BCUT2D eigenvalue weighted by molar-refractivity contribution is 1.17. The van der Waals surface area contributed by atoms with Crippen molar-refractivity contribution in [1.82, 2.24) is 14.1 Å². The second kappa shape index (κ2) is 12.0. The summed E-state index contributed by atoms with van der Waals surface area (Å²) in [6.07, 6.45) is 0. The van der Waals surface area contributed by atoms with Crippen LogP contribution in [0.5, 0.6) is 0 Å². The van der Waals surface area contributed by atoms with E-state index in [9.17, 15) is 5.26 Å². The second-order valence-corrected chi connectivity index (χ2v) is 13.1. The highest BCUT2D eigenvalue weighted by Crippen LogP contribution is 2.42. The molecule has 0 aliphatic rings. The van der Waals surface area contributed by atoms with Gasteiger partial charge in [0.15, 0.2) is 0 Å². The molecule has 0 unspecified atom stereocenters. The van der Waals surface area contributed by atoms with Crippen molar-refractivity contribution < 1.29 is 0 Å². The molecule has 0 aliphatic carbocycles. The monoisotopic (exact) mass is 662 g/mol. The number of fused-ring (bicyclic) bond motifs is 7. The number of aromatic nitrogens is 3. The van der Waals surface area contributed by atoms with Gasteiger partial charge in [0.1, 0.15) is 0 Å². The van der Waals surface area contributed by atoms with Crippen LogP contribution in [0, 0.1) is 11.3 Å². The van der Waals surface area contributed by atoms with Crippen LogP contribution in [-0.2, 0) is 0 Å². The number of rotatable bonds is 5. The lowest BCUT2D eigenvalue weighted by atomic mass is 10.00. The molecule has 0 spiro atoms. The zero-order valence-corrected chi connectivity index (χ0v) is 28.1. The summed E-state index contributed by atoms with van der Waals surface area (Å²) in [5.41, 5.74) is 13.3. The summed E-state index contributed by atoms with van der Waals surface area (Å²) in [5.74, 6) is 0. The van der Waals surface area contributed by atoms with E-state index in [2.05, 4.69) is 173 Å². The lowest BCUT2D eigenvalue weighted by Crippen LogP contribution is -1.97. The highest BCUT2D eigenvalue weighted by Gasteiger charge is 2.21. The molecule has 0 fully saturated rings. The smallest absolute Gasteiger partial charge is 0.0992 e. The Labute approximate surface area is 300 Å². The van der Waals surface area contributed by atoms with Crippen LogP contribution in [0.1, 0.15) is 5.56 Å². The van der Waals surface area contributed by atoms with Crippen LogP contribution >= 0.6 is 0 Å². The van der Waals surface area contributed by atoms with Crippen LogP contribution in [0.2, 0.25) is 0 Å². The largest absolute Gasteiger partial charge is 0.309 e. The van der Waals surface area contributed by atoms with Gasteiger partial charge in [0, 0.05) is 44.0 Å². The van der Waals surface area contributed by atoms with Crippen LogP contribution < -0.4 is 0 Å². The van der Waals surface area contributed by atoms with Gasteiger partial charge in [-0.05, 0) is 71.8 Å². The van der Waals surface area contributed by atoms with E-state index < -0.39 is 0 Å². The Bertz CT molecular complexity index is 2940. The number of pyridine rings is 1. The van der Waals surface area contributed by atoms with Gasteiger partial charge in [0.05, 0.1) is 45.1 Å². The molecule has 242 valence electrons. The maximum absolute atomic E-state index is 10.0. The van der Waals surface area contributed by atoms with Crippen molar-refractivity contribution in [2.75, 3.05) is 0 Å². The quantitative estimate of drug-likeness (QED) is 0.184. The molecule has 0 atom stereocenters. The molecule has 52 heavy (non-hydrogen) atoms. The molecule has 4 heteroatoms. The van der Waals surface area contributed by atoms with E-state index in [1.807, 2.05) is 24.3 Å². The minimum atomic E-state index is 0.625. The van der Waals surface area contributed by atoms with Gasteiger partial charge in [-0.1, -0.05) is 121 Å². The summed E-state index contributed by atoms with van der Waals surface area (Å²) in [7, 11) is 0. The van der Waals surface area contributed by atoms with E-state index in [-0.39, 0.29) is 0 Å². The Morgan fingerprint density at radius 2 is 1.04 bits per heavy atom. The van der Waals surface area contributed by atoms with E-state index in [1.165, 1.54) is 10.8 Å². The predicted octanol–water partition coefficient (Wildman–Crippen LogP) is 12.1. The molecule has 0 bridgehead atoms. The molecule has 3 heterocycles. The van der Waals surface area contributed by atoms with Crippen molar-refractivity contribution in [1.29, 1.82) is 5.26 Å². The molecule has 10 rings (SSSR count). The molecule has 0 saturated carbocycles. The fourth-order valence-corrected chi connectivity index (χ4v) is 7.79. The van der Waals surface area contributed by atoms with Gasteiger partial charge in [-0.15, -0.1) is 0 Å². The maximum atomic E-state index is 10.0. The Morgan fingerprint density at radius 3 is 1.81 bits per heavy atom. The minimum absolute atomic E-state index is 0.625. The molecule has 10 aromatic rings. The van der Waals surface area contributed by atoms with Gasteiger partial charge in [-0.3, -0.25) is 0 Å². The first-order chi connectivity index (χ1) is 25.7. The SMILES string of the molecule is N#Cc1ccc2c3ccc4c(c5ccccc5n4-c4ccccc4)c3n(-c3cccc(-c4cc(-c5ccccc5)cc(-c5ccccc5)n4)c3)c2c1. The summed E-state index contributed by atoms with van der Waals surface area (Å²) in [6, 6.07) is 66.0. The zero-order valence-electron chi connectivity index (χ0n) is 28.1. The van der Waals surface area contributed by atoms with Crippen LogP contribution in [-0.4, -0.2) is 14.1 Å². The Kier molecular flexibility index (Phi) is 6.84. The molecule has 0 N–H and O–H groups in total. The summed E-state index contributed by atoms with van der Waals surface area (Å²) >= 11 is 0. The van der Waals surface area contributed by atoms with Crippen LogP contribution in [0.15, 0.2) is 182 Å². The second-order valence-electron chi connectivity index (χ2n) is 13.1. The Balaban J connectivity index is 1.27. The fourth-order valence-electron chi connectivity index (χ4n) is 7.79. The summed E-state index contributed by atoms with van der Waals surface area (Å²) in [4.78, 5) is 5.25. The molecule has 4 nitrogen and oxygen atoms in total. The normalized spacial score (nSPS) is 11.4. The van der Waals surface area contributed by atoms with E-state index in [1.54, 1.807) is 0 Å². The predicted molar refractivity (Wildman–Crippen MR) is 214 cm³/mol. The highest BCUT2D eigenvalue weighted by atomic mass is 15.0. The van der Waals surface area contributed by atoms with Crippen LogP contribution in [0.3, 0.4) is 0 Å². The standard InChI is InChI=1S/C48H30N4/c49-31-32-23-24-39-40-25-26-45-47(41-21-10-11-22-44(41)51(45)37-18-8-3-9-19-37)48(40)52(46(39)27-32)38-20-12-17-35(28-38)43-30-36(33-13-4-1-5-14-33)29-42(50-43)34-15-6-2-7-16-34/h1-30H. The number of nitrogens with zero attached hydrogens (tertiary/aromatic N) is 4. The average molecular weight is 663 g/mol. The molecule has 0 amide bonds. The third kappa shape index (κ3) is 4.72. The molecular formula is C48H30N4. The summed E-state index contributed by atoms with van der Waals surface area (Å²) < 4.78 is 4.70. The molecule has 0 radical (unpaired) electrons. The Hall–Kier alpha value is -7.22. The summed E-state index contributed by atoms with van der Waals surface area (Å²) in [5, 5.41) is 14.6. The molecular weight excluding hydrogens is 633 g/mol. The van der Waals surface area contributed by atoms with E-state index in [4.69, 9.17) is 4.98 Å².